The maximum atomic E-state index is 4.13. The van der Waals surface area contributed by atoms with E-state index in [1.54, 1.807) is 0 Å². The molecule has 0 saturated carbocycles. The zero-order valence-corrected chi connectivity index (χ0v) is 7.85. The molecule has 1 heterocycles. The summed E-state index contributed by atoms with van der Waals surface area (Å²) < 4.78 is 0. The zero-order chi connectivity index (χ0) is 8.81. The van der Waals surface area contributed by atoms with Gasteiger partial charge < -0.3 is 5.32 Å². The van der Waals surface area contributed by atoms with Crippen LogP contribution in [-0.2, 0) is 6.54 Å². The molecule has 3 nitrogen and oxygen atoms in total. The summed E-state index contributed by atoms with van der Waals surface area (Å²) in [6.07, 6.45) is 2.48. The largest absolute Gasteiger partial charge is 0.311 e. The van der Waals surface area contributed by atoms with Gasteiger partial charge in [-0.1, -0.05) is 13.3 Å². The van der Waals surface area contributed by atoms with Gasteiger partial charge in [-0.3, -0.25) is 5.10 Å². The highest BCUT2D eigenvalue weighted by Gasteiger charge is 1.95. The number of nitrogens with zero attached hydrogens (tertiary/aromatic N) is 1. The molecule has 0 aromatic carbocycles. The van der Waals surface area contributed by atoms with Crippen molar-refractivity contribution in [1.29, 1.82) is 0 Å². The molecule has 0 bridgehead atoms. The van der Waals surface area contributed by atoms with Crippen molar-refractivity contribution >= 4 is 0 Å². The molecule has 0 aliphatic rings. The molecule has 1 aromatic heterocycles. The first-order chi connectivity index (χ1) is 5.83. The van der Waals surface area contributed by atoms with Gasteiger partial charge in [-0.15, -0.1) is 0 Å². The van der Waals surface area contributed by atoms with Gasteiger partial charge in [0.15, 0.2) is 0 Å². The average Bonchev–Trinajstić information content (AvgIpc) is 2.45. The molecule has 68 valence electrons. The van der Waals surface area contributed by atoms with Crippen molar-refractivity contribution in [2.24, 2.45) is 0 Å². The number of rotatable bonds is 5. The highest BCUT2D eigenvalue weighted by Crippen LogP contribution is 1.96. The van der Waals surface area contributed by atoms with E-state index in [0.29, 0.717) is 0 Å². The summed E-state index contributed by atoms with van der Waals surface area (Å²) in [7, 11) is 0. The van der Waals surface area contributed by atoms with Crippen molar-refractivity contribution < 1.29 is 0 Å². The van der Waals surface area contributed by atoms with E-state index in [0.717, 1.165) is 24.5 Å². The number of hydrogen-bond donors (Lipinski definition) is 2. The summed E-state index contributed by atoms with van der Waals surface area (Å²) in [5, 5.41) is 10.4. The number of aryl methyl sites for hydroxylation is 1. The number of hydrogen-bond acceptors (Lipinski definition) is 2. The smallest absolute Gasteiger partial charge is 0.0762 e. The van der Waals surface area contributed by atoms with E-state index >= 15 is 0 Å². The van der Waals surface area contributed by atoms with E-state index in [9.17, 15) is 0 Å². The van der Waals surface area contributed by atoms with Crippen LogP contribution in [0, 0.1) is 6.92 Å². The minimum Gasteiger partial charge on any atom is -0.311 e. The van der Waals surface area contributed by atoms with E-state index in [4.69, 9.17) is 0 Å². The Labute approximate surface area is 73.6 Å². The fraction of sp³-hybridized carbons (Fsp3) is 0.667. The Kier molecular flexibility index (Phi) is 3.80. The molecule has 12 heavy (non-hydrogen) atoms. The van der Waals surface area contributed by atoms with Crippen LogP contribution in [0.1, 0.15) is 31.2 Å². The number of aromatic nitrogens is 2. The van der Waals surface area contributed by atoms with Crippen LogP contribution < -0.4 is 5.32 Å². The molecule has 0 atom stereocenters. The Balaban J connectivity index is 2.15. The fourth-order valence-electron chi connectivity index (χ4n) is 1.08. The Morgan fingerprint density at radius 1 is 1.58 bits per heavy atom. The lowest BCUT2D eigenvalue weighted by Gasteiger charge is -1.99. The minimum atomic E-state index is 0.879. The summed E-state index contributed by atoms with van der Waals surface area (Å²) in [5.41, 5.74) is 2.23. The molecule has 1 aromatic rings. The maximum absolute atomic E-state index is 4.13. The van der Waals surface area contributed by atoms with Gasteiger partial charge in [-0.25, -0.2) is 0 Å². The molecular weight excluding hydrogens is 150 g/mol. The van der Waals surface area contributed by atoms with Gasteiger partial charge in [-0.05, 0) is 26.0 Å². The lowest BCUT2D eigenvalue weighted by molar-refractivity contribution is 0.632. The molecule has 0 amide bonds. The van der Waals surface area contributed by atoms with Crippen molar-refractivity contribution in [2.45, 2.75) is 33.2 Å². The molecule has 0 saturated heterocycles. The number of H-pyrrole nitrogens is 1. The highest BCUT2D eigenvalue weighted by molar-refractivity contribution is 5.05. The first kappa shape index (κ1) is 9.26. The SMILES string of the molecule is CCCCNCc1cc(C)[nH]n1. The van der Waals surface area contributed by atoms with Crippen LogP contribution in [-0.4, -0.2) is 16.7 Å². The molecule has 0 unspecified atom stereocenters. The summed E-state index contributed by atoms with van der Waals surface area (Å²) in [6.45, 7) is 6.18. The number of nitrogens with one attached hydrogen (secondary N) is 2. The van der Waals surface area contributed by atoms with Crippen LogP contribution in [0.5, 0.6) is 0 Å². The van der Waals surface area contributed by atoms with Crippen LogP contribution in [0.15, 0.2) is 6.07 Å². The lowest BCUT2D eigenvalue weighted by atomic mass is 10.3. The van der Waals surface area contributed by atoms with Crippen molar-refractivity contribution in [3.05, 3.63) is 17.5 Å². The van der Waals surface area contributed by atoms with Gasteiger partial charge in [0.05, 0.1) is 5.69 Å². The summed E-state index contributed by atoms with van der Waals surface area (Å²) in [4.78, 5) is 0. The second kappa shape index (κ2) is 4.93. The van der Waals surface area contributed by atoms with E-state index in [2.05, 4.69) is 28.5 Å². The van der Waals surface area contributed by atoms with Crippen LogP contribution >= 0.6 is 0 Å². The molecule has 0 spiro atoms. The van der Waals surface area contributed by atoms with Gasteiger partial charge in [0.2, 0.25) is 0 Å². The summed E-state index contributed by atoms with van der Waals surface area (Å²) in [5.74, 6) is 0. The number of unbranched alkanes of at least 4 members (excludes halogenated alkanes) is 1. The van der Waals surface area contributed by atoms with Gasteiger partial charge in [-0.2, -0.15) is 5.10 Å². The predicted molar refractivity (Wildman–Crippen MR) is 49.9 cm³/mol. The minimum absolute atomic E-state index is 0.879. The molecule has 0 aliphatic heterocycles. The first-order valence-corrected chi connectivity index (χ1v) is 4.54. The fourth-order valence-corrected chi connectivity index (χ4v) is 1.08. The van der Waals surface area contributed by atoms with Crippen molar-refractivity contribution in [2.75, 3.05) is 6.54 Å². The Morgan fingerprint density at radius 3 is 3.00 bits per heavy atom. The third kappa shape index (κ3) is 3.05. The first-order valence-electron chi connectivity index (χ1n) is 4.54. The molecule has 2 N–H and O–H groups in total. The van der Waals surface area contributed by atoms with Crippen LogP contribution in [0.3, 0.4) is 0 Å². The second-order valence-corrected chi connectivity index (χ2v) is 3.07. The highest BCUT2D eigenvalue weighted by atomic mass is 15.1. The molecule has 1 rings (SSSR count). The van der Waals surface area contributed by atoms with Crippen LogP contribution in [0.2, 0.25) is 0 Å². The average molecular weight is 167 g/mol. The Morgan fingerprint density at radius 2 is 2.42 bits per heavy atom. The van der Waals surface area contributed by atoms with Gasteiger partial charge >= 0.3 is 0 Å². The van der Waals surface area contributed by atoms with E-state index in [1.165, 1.54) is 12.8 Å². The van der Waals surface area contributed by atoms with Crippen molar-refractivity contribution in [3.63, 3.8) is 0 Å². The van der Waals surface area contributed by atoms with E-state index < -0.39 is 0 Å². The standard InChI is InChI=1S/C9H17N3/c1-3-4-5-10-7-9-6-8(2)11-12-9/h6,10H,3-5,7H2,1-2H3,(H,11,12). The third-order valence-corrected chi connectivity index (χ3v) is 1.77. The molecule has 0 radical (unpaired) electrons. The van der Waals surface area contributed by atoms with E-state index in [1.807, 2.05) is 6.92 Å². The molecule has 0 aliphatic carbocycles. The Hall–Kier alpha value is -0.830. The molecule has 3 heteroatoms. The zero-order valence-electron chi connectivity index (χ0n) is 7.85. The van der Waals surface area contributed by atoms with Crippen LogP contribution in [0.4, 0.5) is 0 Å². The van der Waals surface area contributed by atoms with Gasteiger partial charge in [0.25, 0.3) is 0 Å². The van der Waals surface area contributed by atoms with Gasteiger partial charge in [0.1, 0.15) is 0 Å². The monoisotopic (exact) mass is 167 g/mol. The quantitative estimate of drug-likeness (QED) is 0.654. The van der Waals surface area contributed by atoms with Crippen molar-refractivity contribution in [1.82, 2.24) is 15.5 Å². The summed E-state index contributed by atoms with van der Waals surface area (Å²) in [6, 6.07) is 2.07. The second-order valence-electron chi connectivity index (χ2n) is 3.07. The Bertz CT molecular complexity index is 217. The van der Waals surface area contributed by atoms with E-state index in [-0.39, 0.29) is 0 Å². The number of aromatic amines is 1. The van der Waals surface area contributed by atoms with Crippen molar-refractivity contribution in [3.8, 4) is 0 Å². The molecule has 0 fully saturated rings. The lowest BCUT2D eigenvalue weighted by Crippen LogP contribution is -2.14. The third-order valence-electron chi connectivity index (χ3n) is 1.77. The summed E-state index contributed by atoms with van der Waals surface area (Å²) >= 11 is 0. The topological polar surface area (TPSA) is 40.7 Å². The van der Waals surface area contributed by atoms with Crippen LogP contribution in [0.25, 0.3) is 0 Å². The predicted octanol–water partition coefficient (Wildman–Crippen LogP) is 1.61. The normalized spacial score (nSPS) is 10.5. The maximum Gasteiger partial charge on any atom is 0.0762 e. The molecular formula is C9H17N3. The van der Waals surface area contributed by atoms with Gasteiger partial charge in [0, 0.05) is 12.2 Å².